The summed E-state index contributed by atoms with van der Waals surface area (Å²) in [5.41, 5.74) is 2.00. The predicted molar refractivity (Wildman–Crippen MR) is 76.2 cm³/mol. The van der Waals surface area contributed by atoms with Gasteiger partial charge in [-0.25, -0.2) is 0 Å². The summed E-state index contributed by atoms with van der Waals surface area (Å²) in [6, 6.07) is 13.9. The van der Waals surface area contributed by atoms with E-state index < -0.39 is 0 Å². The van der Waals surface area contributed by atoms with Crippen molar-refractivity contribution in [2.75, 3.05) is 13.1 Å². The summed E-state index contributed by atoms with van der Waals surface area (Å²) in [5.74, 6) is 0.139. The van der Waals surface area contributed by atoms with Crippen LogP contribution in [0.25, 0.3) is 0 Å². The Bertz CT molecular complexity index is 497. The lowest BCUT2D eigenvalue weighted by atomic mass is 10.1. The van der Waals surface area contributed by atoms with Crippen LogP contribution < -0.4 is 5.32 Å². The highest BCUT2D eigenvalue weighted by atomic mass is 16.1. The molecule has 0 unspecified atom stereocenters. The molecular formula is C16H18N2O. The molecule has 0 bridgehead atoms. The predicted octanol–water partition coefficient (Wildman–Crippen LogP) is 2.49. The number of pyridine rings is 1. The standard InChI is InChI=1S/C16H18N2O/c19-16(15-7-4-10-18-13-15)9-12-17-11-8-14-5-2-1-3-6-14/h1-7,10,13,17H,8-9,11-12H2. The number of aromatic nitrogens is 1. The van der Waals surface area contributed by atoms with Gasteiger partial charge in [-0.15, -0.1) is 0 Å². The van der Waals surface area contributed by atoms with Crippen LogP contribution in [0, 0.1) is 0 Å². The van der Waals surface area contributed by atoms with E-state index in [1.54, 1.807) is 24.5 Å². The molecule has 2 aromatic rings. The van der Waals surface area contributed by atoms with Gasteiger partial charge >= 0.3 is 0 Å². The molecule has 0 aliphatic rings. The van der Waals surface area contributed by atoms with Gasteiger partial charge in [0.15, 0.2) is 5.78 Å². The van der Waals surface area contributed by atoms with E-state index >= 15 is 0 Å². The van der Waals surface area contributed by atoms with Gasteiger partial charge in [0, 0.05) is 30.9 Å². The Morgan fingerprint density at radius 3 is 2.63 bits per heavy atom. The number of ketones is 1. The Hall–Kier alpha value is -2.00. The molecule has 1 heterocycles. The molecular weight excluding hydrogens is 236 g/mol. The van der Waals surface area contributed by atoms with E-state index in [4.69, 9.17) is 0 Å². The largest absolute Gasteiger partial charge is 0.316 e. The fourth-order valence-electron chi connectivity index (χ4n) is 1.88. The highest BCUT2D eigenvalue weighted by Crippen LogP contribution is 2.01. The molecule has 0 amide bonds. The quantitative estimate of drug-likeness (QED) is 0.609. The maximum atomic E-state index is 11.8. The van der Waals surface area contributed by atoms with E-state index in [1.807, 2.05) is 18.2 Å². The molecule has 98 valence electrons. The molecule has 1 N–H and O–H groups in total. The van der Waals surface area contributed by atoms with Crippen molar-refractivity contribution in [3.63, 3.8) is 0 Å². The second-order valence-corrected chi connectivity index (χ2v) is 4.40. The van der Waals surface area contributed by atoms with Crippen molar-refractivity contribution in [1.29, 1.82) is 0 Å². The van der Waals surface area contributed by atoms with Gasteiger partial charge in [-0.05, 0) is 30.7 Å². The maximum absolute atomic E-state index is 11.8. The Kier molecular flexibility index (Phi) is 5.26. The number of carbonyl (C=O) groups is 1. The summed E-state index contributed by atoms with van der Waals surface area (Å²) in [7, 11) is 0. The molecule has 0 aliphatic carbocycles. The number of hydrogen-bond donors (Lipinski definition) is 1. The smallest absolute Gasteiger partial charge is 0.165 e. The molecule has 0 saturated heterocycles. The van der Waals surface area contributed by atoms with Crippen molar-refractivity contribution in [2.24, 2.45) is 0 Å². The third-order valence-electron chi connectivity index (χ3n) is 2.95. The third kappa shape index (κ3) is 4.64. The summed E-state index contributed by atoms with van der Waals surface area (Å²) >= 11 is 0. The molecule has 3 nitrogen and oxygen atoms in total. The van der Waals surface area contributed by atoms with Crippen molar-refractivity contribution in [2.45, 2.75) is 12.8 Å². The van der Waals surface area contributed by atoms with Crippen molar-refractivity contribution in [1.82, 2.24) is 10.3 Å². The summed E-state index contributed by atoms with van der Waals surface area (Å²) in [4.78, 5) is 15.7. The van der Waals surface area contributed by atoms with E-state index in [0.717, 1.165) is 13.0 Å². The lowest BCUT2D eigenvalue weighted by Crippen LogP contribution is -2.21. The van der Waals surface area contributed by atoms with Crippen molar-refractivity contribution in [3.8, 4) is 0 Å². The zero-order chi connectivity index (χ0) is 13.3. The van der Waals surface area contributed by atoms with Crippen LogP contribution in [0.4, 0.5) is 0 Å². The summed E-state index contributed by atoms with van der Waals surface area (Å²) in [6.45, 7) is 1.60. The first-order chi connectivity index (χ1) is 9.36. The van der Waals surface area contributed by atoms with Crippen LogP contribution >= 0.6 is 0 Å². The first-order valence-electron chi connectivity index (χ1n) is 6.54. The maximum Gasteiger partial charge on any atom is 0.165 e. The van der Waals surface area contributed by atoms with Crippen LogP contribution in [0.2, 0.25) is 0 Å². The zero-order valence-electron chi connectivity index (χ0n) is 10.9. The van der Waals surface area contributed by atoms with Gasteiger partial charge in [-0.1, -0.05) is 30.3 Å². The van der Waals surface area contributed by atoms with Crippen LogP contribution in [0.1, 0.15) is 22.3 Å². The highest BCUT2D eigenvalue weighted by Gasteiger charge is 2.04. The van der Waals surface area contributed by atoms with E-state index in [1.165, 1.54) is 5.56 Å². The summed E-state index contributed by atoms with van der Waals surface area (Å²) in [6.07, 6.45) is 4.80. The monoisotopic (exact) mass is 254 g/mol. The molecule has 0 saturated carbocycles. The number of hydrogen-bond acceptors (Lipinski definition) is 3. The third-order valence-corrected chi connectivity index (χ3v) is 2.95. The number of Topliss-reactive ketones (excluding diaryl/α,β-unsaturated/α-hetero) is 1. The lowest BCUT2D eigenvalue weighted by Gasteiger charge is -2.04. The van der Waals surface area contributed by atoms with Crippen LogP contribution in [-0.2, 0) is 6.42 Å². The van der Waals surface area contributed by atoms with Gasteiger partial charge < -0.3 is 5.32 Å². The van der Waals surface area contributed by atoms with Gasteiger partial charge in [-0.2, -0.15) is 0 Å². The summed E-state index contributed by atoms with van der Waals surface area (Å²) < 4.78 is 0. The van der Waals surface area contributed by atoms with Gasteiger partial charge in [-0.3, -0.25) is 9.78 Å². The molecule has 0 radical (unpaired) electrons. The van der Waals surface area contributed by atoms with Crippen molar-refractivity contribution >= 4 is 5.78 Å². The van der Waals surface area contributed by atoms with Crippen LogP contribution in [0.15, 0.2) is 54.9 Å². The Morgan fingerprint density at radius 1 is 1.05 bits per heavy atom. The number of nitrogens with one attached hydrogen (secondary N) is 1. The van der Waals surface area contributed by atoms with Gasteiger partial charge in [0.05, 0.1) is 0 Å². The average molecular weight is 254 g/mol. The molecule has 0 fully saturated rings. The first-order valence-corrected chi connectivity index (χ1v) is 6.54. The lowest BCUT2D eigenvalue weighted by molar-refractivity contribution is 0.0982. The number of nitrogens with zero attached hydrogens (tertiary/aromatic N) is 1. The zero-order valence-corrected chi connectivity index (χ0v) is 10.9. The average Bonchev–Trinajstić information content (AvgIpc) is 2.49. The van der Waals surface area contributed by atoms with Crippen molar-refractivity contribution < 1.29 is 4.79 Å². The summed E-state index contributed by atoms with van der Waals surface area (Å²) in [5, 5.41) is 3.29. The number of benzene rings is 1. The van der Waals surface area contributed by atoms with E-state index in [0.29, 0.717) is 18.5 Å². The van der Waals surface area contributed by atoms with Crippen molar-refractivity contribution in [3.05, 3.63) is 66.0 Å². The van der Waals surface area contributed by atoms with Crippen LogP contribution in [0.5, 0.6) is 0 Å². The topological polar surface area (TPSA) is 42.0 Å². The fraction of sp³-hybridized carbons (Fsp3) is 0.250. The molecule has 2 rings (SSSR count). The minimum absolute atomic E-state index is 0.139. The minimum Gasteiger partial charge on any atom is -0.316 e. The molecule has 3 heteroatoms. The van der Waals surface area contributed by atoms with Crippen LogP contribution in [-0.4, -0.2) is 23.9 Å². The minimum atomic E-state index is 0.139. The molecule has 19 heavy (non-hydrogen) atoms. The number of rotatable bonds is 7. The Morgan fingerprint density at radius 2 is 1.89 bits per heavy atom. The van der Waals surface area contributed by atoms with Gasteiger partial charge in [0.2, 0.25) is 0 Å². The molecule has 1 aromatic heterocycles. The fourth-order valence-corrected chi connectivity index (χ4v) is 1.88. The Labute approximate surface area is 113 Å². The highest BCUT2D eigenvalue weighted by molar-refractivity contribution is 5.95. The molecule has 1 aromatic carbocycles. The second kappa shape index (κ2) is 7.44. The molecule has 0 spiro atoms. The number of carbonyl (C=O) groups excluding carboxylic acids is 1. The molecule has 0 atom stereocenters. The Balaban J connectivity index is 1.63. The molecule has 0 aliphatic heterocycles. The second-order valence-electron chi connectivity index (χ2n) is 4.40. The first kappa shape index (κ1) is 13.4. The van der Waals surface area contributed by atoms with Crippen LogP contribution in [0.3, 0.4) is 0 Å². The van der Waals surface area contributed by atoms with E-state index in [9.17, 15) is 4.79 Å². The van der Waals surface area contributed by atoms with Gasteiger partial charge in [0.25, 0.3) is 0 Å². The SMILES string of the molecule is O=C(CCNCCc1ccccc1)c1cccnc1. The van der Waals surface area contributed by atoms with Gasteiger partial charge in [0.1, 0.15) is 0 Å². The van der Waals surface area contributed by atoms with E-state index in [2.05, 4.69) is 22.4 Å². The normalized spacial score (nSPS) is 10.3. The van der Waals surface area contributed by atoms with E-state index in [-0.39, 0.29) is 5.78 Å².